The van der Waals surface area contributed by atoms with E-state index in [1.807, 2.05) is 35.0 Å². The molecule has 0 aliphatic carbocycles. The molecule has 30 heavy (non-hydrogen) atoms. The highest BCUT2D eigenvalue weighted by Gasteiger charge is 2.29. The number of hydrogen-bond acceptors (Lipinski definition) is 4. The number of aromatic nitrogens is 3. The van der Waals surface area contributed by atoms with Gasteiger partial charge in [0.2, 0.25) is 5.95 Å². The van der Waals surface area contributed by atoms with Gasteiger partial charge in [0.05, 0.1) is 12.1 Å². The monoisotopic (exact) mass is 396 g/mol. The maximum absolute atomic E-state index is 5.94. The van der Waals surface area contributed by atoms with Crippen LogP contribution in [-0.2, 0) is 6.61 Å². The Morgan fingerprint density at radius 2 is 1.67 bits per heavy atom. The van der Waals surface area contributed by atoms with E-state index in [9.17, 15) is 0 Å². The second-order valence-electron chi connectivity index (χ2n) is 7.73. The van der Waals surface area contributed by atoms with Gasteiger partial charge in [-0.25, -0.2) is 4.68 Å². The number of nitrogens with zero attached hydrogens (tertiary/aromatic N) is 3. The minimum atomic E-state index is 0.123. The molecule has 3 aromatic carbocycles. The van der Waals surface area contributed by atoms with E-state index < -0.39 is 0 Å². The van der Waals surface area contributed by atoms with Gasteiger partial charge in [-0.2, -0.15) is 10.1 Å². The molecule has 0 amide bonds. The summed E-state index contributed by atoms with van der Waals surface area (Å²) in [5.74, 6) is 1.67. The Balaban J connectivity index is 1.35. The van der Waals surface area contributed by atoms with Gasteiger partial charge in [0, 0.05) is 0 Å². The molecule has 1 aromatic heterocycles. The van der Waals surface area contributed by atoms with Crippen molar-refractivity contribution >= 4 is 5.95 Å². The maximum atomic E-state index is 5.94. The number of anilines is 1. The third kappa shape index (κ3) is 3.79. The molecule has 5 nitrogen and oxygen atoms in total. The molecule has 2 heterocycles. The second-order valence-corrected chi connectivity index (χ2v) is 7.73. The zero-order chi connectivity index (χ0) is 20.3. The highest BCUT2D eigenvalue weighted by molar-refractivity contribution is 5.39. The van der Waals surface area contributed by atoms with Gasteiger partial charge in [-0.1, -0.05) is 72.3 Å². The summed E-state index contributed by atoms with van der Waals surface area (Å²) in [6.07, 6.45) is 2.52. The first-order valence-corrected chi connectivity index (χ1v) is 10.3. The minimum absolute atomic E-state index is 0.123. The van der Waals surface area contributed by atoms with E-state index in [0.29, 0.717) is 6.61 Å². The number of aryl methyl sites for hydroxylation is 1. The SMILES string of the molecule is Cc1ccc([C@@H]2C[C@@H](c3ccc(OCc4ccccc4)cc3)n3ncnc3N2)cc1. The molecular weight excluding hydrogens is 372 g/mol. The van der Waals surface area contributed by atoms with E-state index in [1.54, 1.807) is 6.33 Å². The molecule has 150 valence electrons. The van der Waals surface area contributed by atoms with Crippen LogP contribution in [0.15, 0.2) is 85.2 Å². The summed E-state index contributed by atoms with van der Waals surface area (Å²) < 4.78 is 7.92. The van der Waals surface area contributed by atoms with Crippen LogP contribution in [0.1, 0.15) is 40.8 Å². The summed E-state index contributed by atoms with van der Waals surface area (Å²) in [6, 6.07) is 27.6. The van der Waals surface area contributed by atoms with Crippen molar-refractivity contribution in [1.29, 1.82) is 0 Å². The molecule has 5 rings (SSSR count). The van der Waals surface area contributed by atoms with Gasteiger partial charge in [0.1, 0.15) is 18.7 Å². The lowest BCUT2D eigenvalue weighted by atomic mass is 9.93. The first kappa shape index (κ1) is 18.4. The largest absolute Gasteiger partial charge is 0.489 e. The summed E-state index contributed by atoms with van der Waals surface area (Å²) in [6.45, 7) is 2.68. The highest BCUT2D eigenvalue weighted by Crippen LogP contribution is 2.37. The first-order chi connectivity index (χ1) is 14.8. The number of fused-ring (bicyclic) bond motifs is 1. The molecule has 4 aromatic rings. The maximum Gasteiger partial charge on any atom is 0.222 e. The lowest BCUT2D eigenvalue weighted by molar-refractivity contribution is 0.306. The fourth-order valence-electron chi connectivity index (χ4n) is 3.94. The average Bonchev–Trinajstić information content (AvgIpc) is 3.27. The van der Waals surface area contributed by atoms with Crippen LogP contribution in [-0.4, -0.2) is 14.8 Å². The van der Waals surface area contributed by atoms with Crippen molar-refractivity contribution in [2.45, 2.75) is 32.0 Å². The molecule has 2 atom stereocenters. The first-order valence-electron chi connectivity index (χ1n) is 10.3. The predicted molar refractivity (Wildman–Crippen MR) is 118 cm³/mol. The summed E-state index contributed by atoms with van der Waals surface area (Å²) in [5.41, 5.74) is 4.89. The van der Waals surface area contributed by atoms with E-state index in [4.69, 9.17) is 4.74 Å². The Bertz CT molecular complexity index is 1100. The third-order valence-electron chi connectivity index (χ3n) is 5.62. The number of benzene rings is 3. The third-order valence-corrected chi connectivity index (χ3v) is 5.62. The average molecular weight is 396 g/mol. The summed E-state index contributed by atoms with van der Waals surface area (Å²) in [4.78, 5) is 4.42. The van der Waals surface area contributed by atoms with Crippen molar-refractivity contribution in [1.82, 2.24) is 14.8 Å². The number of ether oxygens (including phenoxy) is 1. The summed E-state index contributed by atoms with van der Waals surface area (Å²) >= 11 is 0. The topological polar surface area (TPSA) is 52.0 Å². The van der Waals surface area contributed by atoms with Crippen molar-refractivity contribution in [2.24, 2.45) is 0 Å². The van der Waals surface area contributed by atoms with E-state index in [1.165, 1.54) is 16.7 Å². The standard InChI is InChI=1S/C25H24N4O/c1-18-7-9-20(10-8-18)23-15-24(29-25(28-23)26-17-27-29)21-11-13-22(14-12-21)30-16-19-5-3-2-4-6-19/h2-14,17,23-24H,15-16H2,1H3,(H,26,27,28)/t23-,24-/m0/s1. The van der Waals surface area contributed by atoms with Gasteiger partial charge in [-0.3, -0.25) is 0 Å². The Hall–Kier alpha value is -3.60. The van der Waals surface area contributed by atoms with Crippen LogP contribution in [0, 0.1) is 6.92 Å². The minimum Gasteiger partial charge on any atom is -0.489 e. The van der Waals surface area contributed by atoms with Crippen molar-refractivity contribution in [3.63, 3.8) is 0 Å². The van der Waals surface area contributed by atoms with Crippen LogP contribution < -0.4 is 10.1 Å². The Morgan fingerprint density at radius 3 is 2.43 bits per heavy atom. The zero-order valence-electron chi connectivity index (χ0n) is 16.9. The van der Waals surface area contributed by atoms with Gasteiger partial charge >= 0.3 is 0 Å². The zero-order valence-corrected chi connectivity index (χ0v) is 16.9. The molecule has 5 heteroatoms. The summed E-state index contributed by atoms with van der Waals surface area (Å²) in [7, 11) is 0. The lowest BCUT2D eigenvalue weighted by Gasteiger charge is -2.32. The smallest absolute Gasteiger partial charge is 0.222 e. The van der Waals surface area contributed by atoms with E-state index in [2.05, 4.69) is 70.9 Å². The van der Waals surface area contributed by atoms with Crippen molar-refractivity contribution in [3.05, 3.63) is 107 Å². The van der Waals surface area contributed by atoms with Gasteiger partial charge in [0.15, 0.2) is 0 Å². The molecule has 0 spiro atoms. The predicted octanol–water partition coefficient (Wildman–Crippen LogP) is 5.31. The molecule has 1 aliphatic rings. The van der Waals surface area contributed by atoms with E-state index in [-0.39, 0.29) is 12.1 Å². The van der Waals surface area contributed by atoms with Crippen LogP contribution in [0.5, 0.6) is 5.75 Å². The normalized spacial score (nSPS) is 17.8. The molecular formula is C25H24N4O. The Kier molecular flexibility index (Phi) is 4.93. The number of hydrogen-bond donors (Lipinski definition) is 1. The van der Waals surface area contributed by atoms with E-state index >= 15 is 0 Å². The Morgan fingerprint density at radius 1 is 0.933 bits per heavy atom. The Labute approximate surface area is 176 Å². The van der Waals surface area contributed by atoms with Crippen LogP contribution in [0.4, 0.5) is 5.95 Å². The van der Waals surface area contributed by atoms with Gasteiger partial charge in [-0.15, -0.1) is 0 Å². The van der Waals surface area contributed by atoms with Crippen LogP contribution >= 0.6 is 0 Å². The van der Waals surface area contributed by atoms with Gasteiger partial charge in [0.25, 0.3) is 0 Å². The molecule has 0 unspecified atom stereocenters. The van der Waals surface area contributed by atoms with Crippen molar-refractivity contribution in [3.8, 4) is 5.75 Å². The van der Waals surface area contributed by atoms with Crippen LogP contribution in [0.25, 0.3) is 0 Å². The molecule has 0 fully saturated rings. The molecule has 0 radical (unpaired) electrons. The second kappa shape index (κ2) is 8.03. The van der Waals surface area contributed by atoms with Gasteiger partial charge in [-0.05, 0) is 42.2 Å². The van der Waals surface area contributed by atoms with Gasteiger partial charge < -0.3 is 10.1 Å². The molecule has 0 saturated heterocycles. The lowest BCUT2D eigenvalue weighted by Crippen LogP contribution is -2.28. The molecule has 0 bridgehead atoms. The van der Waals surface area contributed by atoms with Crippen molar-refractivity contribution in [2.75, 3.05) is 5.32 Å². The van der Waals surface area contributed by atoms with Crippen LogP contribution in [0.3, 0.4) is 0 Å². The fourth-order valence-corrected chi connectivity index (χ4v) is 3.94. The van der Waals surface area contributed by atoms with E-state index in [0.717, 1.165) is 23.7 Å². The fraction of sp³-hybridized carbons (Fsp3) is 0.200. The van der Waals surface area contributed by atoms with Crippen LogP contribution in [0.2, 0.25) is 0 Å². The summed E-state index contributed by atoms with van der Waals surface area (Å²) in [5, 5.41) is 7.99. The highest BCUT2D eigenvalue weighted by atomic mass is 16.5. The quantitative estimate of drug-likeness (QED) is 0.497. The molecule has 1 N–H and O–H groups in total. The molecule has 0 saturated carbocycles. The van der Waals surface area contributed by atoms with Crippen molar-refractivity contribution < 1.29 is 4.74 Å². The number of rotatable bonds is 5. The number of nitrogens with one attached hydrogen (secondary N) is 1. The molecule has 1 aliphatic heterocycles.